The molecule has 2 aromatic rings. The second-order valence-corrected chi connectivity index (χ2v) is 4.16. The number of hydrogen-bond donors (Lipinski definition) is 1. The Morgan fingerprint density at radius 3 is 2.65 bits per heavy atom. The van der Waals surface area contributed by atoms with E-state index in [9.17, 15) is 4.79 Å². The lowest BCUT2D eigenvalue weighted by atomic mass is 10.2. The van der Waals surface area contributed by atoms with Crippen LogP contribution in [-0.2, 0) is 6.61 Å². The van der Waals surface area contributed by atoms with Crippen molar-refractivity contribution in [2.24, 2.45) is 0 Å². The topological polar surface area (TPSA) is 81.5 Å². The Labute approximate surface area is 120 Å². The summed E-state index contributed by atoms with van der Waals surface area (Å²) in [4.78, 5) is 19.0. The van der Waals surface area contributed by atoms with Crippen molar-refractivity contribution in [1.82, 2.24) is 9.97 Å². The van der Waals surface area contributed by atoms with E-state index in [1.165, 1.54) is 19.2 Å². The normalized spacial score (nSPS) is 10.1. The molecule has 0 unspecified atom stereocenters. The molecule has 6 nitrogen and oxygen atoms in total. The van der Waals surface area contributed by atoms with Crippen LogP contribution < -0.4 is 9.47 Å². The molecule has 0 radical (unpaired) electrons. The predicted octanol–water partition coefficient (Wildman–Crippen LogP) is 2.42. The molecular weight excluding hydrogens is 284 g/mol. The lowest BCUT2D eigenvalue weighted by Crippen LogP contribution is -2.04. The highest BCUT2D eigenvalue weighted by atomic mass is 35.5. The summed E-state index contributed by atoms with van der Waals surface area (Å²) in [5, 5.41) is 9.10. The van der Waals surface area contributed by atoms with Crippen molar-refractivity contribution in [2.75, 3.05) is 7.11 Å². The molecule has 7 heteroatoms. The fourth-order valence-electron chi connectivity index (χ4n) is 1.52. The molecule has 0 spiro atoms. The van der Waals surface area contributed by atoms with E-state index in [2.05, 4.69) is 9.97 Å². The number of nitrogens with zero attached hydrogens (tertiary/aromatic N) is 2. The number of aromatic carboxylic acids is 1. The molecule has 0 saturated heterocycles. The van der Waals surface area contributed by atoms with Crippen molar-refractivity contribution in [3.8, 4) is 11.5 Å². The van der Waals surface area contributed by atoms with Crippen LogP contribution in [0.5, 0.6) is 11.5 Å². The first kappa shape index (κ1) is 14.1. The van der Waals surface area contributed by atoms with Gasteiger partial charge in [-0.3, -0.25) is 0 Å². The molecular formula is C13H11ClN2O4. The highest BCUT2D eigenvalue weighted by Gasteiger charge is 2.15. The molecule has 0 saturated carbocycles. The van der Waals surface area contributed by atoms with Gasteiger partial charge in [0.2, 0.25) is 0 Å². The number of aromatic nitrogens is 2. The van der Waals surface area contributed by atoms with Gasteiger partial charge in [0, 0.05) is 12.4 Å². The molecule has 2 rings (SSSR count). The monoisotopic (exact) mass is 294 g/mol. The standard InChI is InChI=1S/C13H11ClN2O4/c1-19-10-6-8(13(17)18)5-9(14)12(10)20-7-11-15-3-2-4-16-11/h2-6H,7H2,1H3,(H,17,18). The fraction of sp³-hybridized carbons (Fsp3) is 0.154. The lowest BCUT2D eigenvalue weighted by molar-refractivity contribution is 0.0696. The van der Waals surface area contributed by atoms with Gasteiger partial charge in [0.05, 0.1) is 17.7 Å². The average Bonchev–Trinajstić information content (AvgIpc) is 2.46. The molecule has 20 heavy (non-hydrogen) atoms. The molecule has 0 aliphatic carbocycles. The zero-order valence-corrected chi connectivity index (χ0v) is 11.3. The summed E-state index contributed by atoms with van der Waals surface area (Å²) >= 11 is 6.01. The first-order chi connectivity index (χ1) is 9.61. The van der Waals surface area contributed by atoms with Crippen LogP contribution in [0.2, 0.25) is 5.02 Å². The smallest absolute Gasteiger partial charge is 0.335 e. The highest BCUT2D eigenvalue weighted by Crippen LogP contribution is 2.36. The zero-order chi connectivity index (χ0) is 14.5. The molecule has 1 N–H and O–H groups in total. The summed E-state index contributed by atoms with van der Waals surface area (Å²) in [5.74, 6) is -0.117. The van der Waals surface area contributed by atoms with Crippen molar-refractivity contribution in [2.45, 2.75) is 6.61 Å². The molecule has 0 aliphatic rings. The van der Waals surface area contributed by atoms with Crippen LogP contribution in [0.4, 0.5) is 0 Å². The van der Waals surface area contributed by atoms with E-state index >= 15 is 0 Å². The Morgan fingerprint density at radius 2 is 2.05 bits per heavy atom. The van der Waals surface area contributed by atoms with E-state index in [0.717, 1.165) is 0 Å². The van der Waals surface area contributed by atoms with Crippen molar-refractivity contribution in [3.05, 3.63) is 47.0 Å². The summed E-state index contributed by atoms with van der Waals surface area (Å²) in [6.07, 6.45) is 3.19. The summed E-state index contributed by atoms with van der Waals surface area (Å²) in [5.41, 5.74) is 0.0233. The van der Waals surface area contributed by atoms with Gasteiger partial charge in [0.1, 0.15) is 6.61 Å². The number of carboxylic acid groups (broad SMARTS) is 1. The lowest BCUT2D eigenvalue weighted by Gasteiger charge is -2.12. The maximum Gasteiger partial charge on any atom is 0.335 e. The Balaban J connectivity index is 2.25. The summed E-state index contributed by atoms with van der Waals surface area (Å²) in [6, 6.07) is 4.34. The number of carboxylic acids is 1. The van der Waals surface area contributed by atoms with Crippen LogP contribution >= 0.6 is 11.6 Å². The molecule has 0 aliphatic heterocycles. The molecule has 104 valence electrons. The molecule has 0 bridgehead atoms. The SMILES string of the molecule is COc1cc(C(=O)O)cc(Cl)c1OCc1ncccn1. The highest BCUT2D eigenvalue weighted by molar-refractivity contribution is 6.32. The minimum atomic E-state index is -1.09. The second kappa shape index (κ2) is 6.21. The number of ether oxygens (including phenoxy) is 2. The molecule has 1 aromatic heterocycles. The number of rotatable bonds is 5. The fourth-order valence-corrected chi connectivity index (χ4v) is 1.79. The van der Waals surface area contributed by atoms with Gasteiger partial charge in [-0.1, -0.05) is 11.6 Å². The van der Waals surface area contributed by atoms with Gasteiger partial charge in [-0.05, 0) is 18.2 Å². The largest absolute Gasteiger partial charge is 0.493 e. The molecule has 0 fully saturated rings. The molecule has 0 atom stereocenters. The van der Waals surface area contributed by atoms with Gasteiger partial charge in [-0.25, -0.2) is 14.8 Å². The van der Waals surface area contributed by atoms with Gasteiger partial charge in [0.15, 0.2) is 17.3 Å². The van der Waals surface area contributed by atoms with Crippen molar-refractivity contribution in [3.63, 3.8) is 0 Å². The first-order valence-corrected chi connectivity index (χ1v) is 5.99. The van der Waals surface area contributed by atoms with Gasteiger partial charge in [-0.2, -0.15) is 0 Å². The summed E-state index contributed by atoms with van der Waals surface area (Å²) in [6.45, 7) is 0.101. The first-order valence-electron chi connectivity index (χ1n) is 5.61. The number of methoxy groups -OCH3 is 1. The van der Waals surface area contributed by atoms with Crippen molar-refractivity contribution >= 4 is 17.6 Å². The third-order valence-electron chi connectivity index (χ3n) is 2.44. The Kier molecular flexibility index (Phi) is 4.37. The summed E-state index contributed by atoms with van der Waals surface area (Å²) in [7, 11) is 1.41. The maximum absolute atomic E-state index is 10.9. The van der Waals surface area contributed by atoms with E-state index in [1.54, 1.807) is 18.5 Å². The number of halogens is 1. The maximum atomic E-state index is 10.9. The zero-order valence-electron chi connectivity index (χ0n) is 10.5. The van der Waals surface area contributed by atoms with Crippen LogP contribution in [0.15, 0.2) is 30.6 Å². The minimum absolute atomic E-state index is 0.0233. The molecule has 0 amide bonds. The summed E-state index contributed by atoms with van der Waals surface area (Å²) < 4.78 is 10.6. The van der Waals surface area contributed by atoms with Gasteiger partial charge >= 0.3 is 5.97 Å². The number of benzene rings is 1. The number of hydrogen-bond acceptors (Lipinski definition) is 5. The minimum Gasteiger partial charge on any atom is -0.493 e. The third kappa shape index (κ3) is 3.16. The van der Waals surface area contributed by atoms with E-state index in [0.29, 0.717) is 5.82 Å². The van der Waals surface area contributed by atoms with E-state index in [1.807, 2.05) is 0 Å². The average molecular weight is 295 g/mol. The van der Waals surface area contributed by atoms with E-state index < -0.39 is 5.97 Å². The third-order valence-corrected chi connectivity index (χ3v) is 2.72. The quantitative estimate of drug-likeness (QED) is 0.912. The van der Waals surface area contributed by atoms with E-state index in [4.69, 9.17) is 26.2 Å². The Hall–Kier alpha value is -2.34. The molecule has 1 aromatic carbocycles. The van der Waals surface area contributed by atoms with Gasteiger partial charge in [-0.15, -0.1) is 0 Å². The van der Waals surface area contributed by atoms with Crippen LogP contribution in [0.1, 0.15) is 16.2 Å². The predicted molar refractivity (Wildman–Crippen MR) is 71.3 cm³/mol. The van der Waals surface area contributed by atoms with Crippen molar-refractivity contribution < 1.29 is 19.4 Å². The van der Waals surface area contributed by atoms with E-state index in [-0.39, 0.29) is 28.7 Å². The van der Waals surface area contributed by atoms with Crippen molar-refractivity contribution in [1.29, 1.82) is 0 Å². The second-order valence-electron chi connectivity index (χ2n) is 3.75. The van der Waals surface area contributed by atoms with Crippen LogP contribution in [0.25, 0.3) is 0 Å². The van der Waals surface area contributed by atoms with Gasteiger partial charge in [0.25, 0.3) is 0 Å². The molecule has 1 heterocycles. The van der Waals surface area contributed by atoms with Crippen LogP contribution in [0, 0.1) is 0 Å². The Morgan fingerprint density at radius 1 is 1.35 bits per heavy atom. The van der Waals surface area contributed by atoms with Gasteiger partial charge < -0.3 is 14.6 Å². The number of carbonyl (C=O) groups is 1. The van der Waals surface area contributed by atoms with Crippen LogP contribution in [0.3, 0.4) is 0 Å². The van der Waals surface area contributed by atoms with Crippen LogP contribution in [-0.4, -0.2) is 28.2 Å². The Bertz CT molecular complexity index is 619.